The highest BCUT2D eigenvalue weighted by atomic mass is 19.1. The zero-order chi connectivity index (χ0) is 6.85. The number of carboxylic acids is 1. The van der Waals surface area contributed by atoms with E-state index in [0.717, 1.165) is 0 Å². The molecule has 2 nitrogen and oxygen atoms in total. The highest BCUT2D eigenvalue weighted by molar-refractivity contribution is 5.71. The van der Waals surface area contributed by atoms with Crippen LogP contribution in [0.5, 0.6) is 0 Å². The van der Waals surface area contributed by atoms with E-state index in [0.29, 0.717) is 6.42 Å². The molecule has 1 unspecified atom stereocenters. The molecule has 0 aromatic heterocycles. The van der Waals surface area contributed by atoms with Gasteiger partial charge in [-0.15, -0.1) is 0 Å². The molecular weight excluding hydrogens is 123 g/mol. The lowest BCUT2D eigenvalue weighted by atomic mass is 10.1. The maximum Gasteiger partial charge on any atom is 0.307 e. The molecule has 0 bridgehead atoms. The van der Waals surface area contributed by atoms with Crippen molar-refractivity contribution in [1.82, 2.24) is 0 Å². The van der Waals surface area contributed by atoms with Crippen molar-refractivity contribution in [3.63, 3.8) is 0 Å². The van der Waals surface area contributed by atoms with Crippen LogP contribution in [-0.4, -0.2) is 11.1 Å². The highest BCUT2D eigenvalue weighted by Gasteiger charge is 2.22. The third kappa shape index (κ3) is 1.28. The normalized spacial score (nSPS) is 25.9. The Morgan fingerprint density at radius 3 is 2.78 bits per heavy atom. The molecule has 1 aliphatic rings. The van der Waals surface area contributed by atoms with Crippen LogP contribution in [0, 0.1) is 5.92 Å². The molecule has 3 heteroatoms. The highest BCUT2D eigenvalue weighted by Crippen LogP contribution is 2.25. The standard InChI is InChI=1S/C6H7FO2/c7-5-2-1-4(3-5)6(8)9/h2,4H,1,3H2,(H,8,9). The van der Waals surface area contributed by atoms with Crippen LogP contribution in [0.3, 0.4) is 0 Å². The number of allylic oxidation sites excluding steroid dienone is 2. The molecule has 0 aromatic carbocycles. The number of carbonyl (C=O) groups is 1. The van der Waals surface area contributed by atoms with Crippen molar-refractivity contribution in [1.29, 1.82) is 0 Å². The van der Waals surface area contributed by atoms with Crippen molar-refractivity contribution >= 4 is 5.97 Å². The summed E-state index contributed by atoms with van der Waals surface area (Å²) in [6, 6.07) is 0. The maximum atomic E-state index is 12.1. The predicted octanol–water partition coefficient (Wildman–Crippen LogP) is 1.33. The summed E-state index contributed by atoms with van der Waals surface area (Å²) in [5, 5.41) is 8.33. The van der Waals surface area contributed by atoms with Crippen molar-refractivity contribution in [3.05, 3.63) is 11.9 Å². The minimum atomic E-state index is -0.904. The second-order valence-corrected chi connectivity index (χ2v) is 2.13. The van der Waals surface area contributed by atoms with Crippen molar-refractivity contribution in [2.75, 3.05) is 0 Å². The fraction of sp³-hybridized carbons (Fsp3) is 0.500. The van der Waals surface area contributed by atoms with E-state index >= 15 is 0 Å². The summed E-state index contributed by atoms with van der Waals surface area (Å²) in [6.45, 7) is 0. The van der Waals surface area contributed by atoms with Crippen molar-refractivity contribution in [2.45, 2.75) is 12.8 Å². The van der Waals surface area contributed by atoms with Gasteiger partial charge < -0.3 is 5.11 Å². The van der Waals surface area contributed by atoms with Gasteiger partial charge in [-0.05, 0) is 6.42 Å². The second kappa shape index (κ2) is 2.17. The van der Waals surface area contributed by atoms with Gasteiger partial charge in [0, 0.05) is 6.42 Å². The Morgan fingerprint density at radius 1 is 1.89 bits per heavy atom. The Kier molecular flexibility index (Phi) is 1.51. The van der Waals surface area contributed by atoms with Gasteiger partial charge in [-0.2, -0.15) is 0 Å². The van der Waals surface area contributed by atoms with E-state index in [1.807, 2.05) is 0 Å². The lowest BCUT2D eigenvalue weighted by Crippen LogP contribution is -2.08. The van der Waals surface area contributed by atoms with Gasteiger partial charge in [-0.25, -0.2) is 4.39 Å². The third-order valence-corrected chi connectivity index (χ3v) is 1.41. The molecule has 0 saturated heterocycles. The van der Waals surface area contributed by atoms with Crippen LogP contribution in [0.15, 0.2) is 11.9 Å². The average molecular weight is 130 g/mol. The minimum absolute atomic E-state index is 0.0787. The summed E-state index contributed by atoms with van der Waals surface area (Å²) in [7, 11) is 0. The SMILES string of the molecule is O=C(O)C1CC=C(F)C1. The van der Waals surface area contributed by atoms with E-state index in [2.05, 4.69) is 0 Å². The first-order chi connectivity index (χ1) is 4.20. The minimum Gasteiger partial charge on any atom is -0.481 e. The van der Waals surface area contributed by atoms with Crippen molar-refractivity contribution < 1.29 is 14.3 Å². The zero-order valence-corrected chi connectivity index (χ0v) is 4.80. The molecule has 1 atom stereocenters. The summed E-state index contributed by atoms with van der Waals surface area (Å²) >= 11 is 0. The van der Waals surface area contributed by atoms with Crippen LogP contribution in [0.25, 0.3) is 0 Å². The zero-order valence-electron chi connectivity index (χ0n) is 4.80. The number of carboxylic acid groups (broad SMARTS) is 1. The van der Waals surface area contributed by atoms with Gasteiger partial charge in [0.2, 0.25) is 0 Å². The van der Waals surface area contributed by atoms with Crippen LogP contribution >= 0.6 is 0 Å². The number of rotatable bonds is 1. The Balaban J connectivity index is 2.47. The molecular formula is C6H7FO2. The van der Waals surface area contributed by atoms with Gasteiger partial charge in [-0.3, -0.25) is 4.79 Å². The molecule has 0 radical (unpaired) electrons. The van der Waals surface area contributed by atoms with Crippen LogP contribution in [0.4, 0.5) is 4.39 Å². The first-order valence-corrected chi connectivity index (χ1v) is 2.77. The number of hydrogen-bond acceptors (Lipinski definition) is 1. The van der Waals surface area contributed by atoms with E-state index in [1.165, 1.54) is 6.08 Å². The monoisotopic (exact) mass is 130 g/mol. The Labute approximate surface area is 52.0 Å². The lowest BCUT2D eigenvalue weighted by Gasteiger charge is -1.98. The number of halogens is 1. The Bertz CT molecular complexity index is 162. The summed E-state index contributed by atoms with van der Waals surface area (Å²) in [6.07, 6.45) is 1.76. The van der Waals surface area contributed by atoms with Gasteiger partial charge in [0.25, 0.3) is 0 Å². The van der Waals surface area contributed by atoms with E-state index < -0.39 is 11.9 Å². The van der Waals surface area contributed by atoms with Gasteiger partial charge in [-0.1, -0.05) is 6.08 Å². The molecule has 0 heterocycles. The quantitative estimate of drug-likeness (QED) is 0.581. The third-order valence-electron chi connectivity index (χ3n) is 1.41. The van der Waals surface area contributed by atoms with Crippen molar-refractivity contribution in [2.24, 2.45) is 5.92 Å². The predicted molar refractivity (Wildman–Crippen MR) is 29.6 cm³/mol. The molecule has 1 aliphatic carbocycles. The Hall–Kier alpha value is -0.860. The van der Waals surface area contributed by atoms with Gasteiger partial charge in [0.05, 0.1) is 11.7 Å². The summed E-state index contributed by atoms with van der Waals surface area (Å²) in [5.74, 6) is -1.70. The van der Waals surface area contributed by atoms with Gasteiger partial charge in [0.15, 0.2) is 0 Å². The topological polar surface area (TPSA) is 37.3 Å². The smallest absolute Gasteiger partial charge is 0.307 e. The van der Waals surface area contributed by atoms with E-state index in [-0.39, 0.29) is 12.2 Å². The molecule has 1 N–H and O–H groups in total. The van der Waals surface area contributed by atoms with Gasteiger partial charge in [0.1, 0.15) is 0 Å². The molecule has 0 aliphatic heterocycles. The number of aliphatic carboxylic acids is 1. The fourth-order valence-corrected chi connectivity index (χ4v) is 0.860. The second-order valence-electron chi connectivity index (χ2n) is 2.13. The lowest BCUT2D eigenvalue weighted by molar-refractivity contribution is -0.141. The van der Waals surface area contributed by atoms with Crippen molar-refractivity contribution in [3.8, 4) is 0 Å². The molecule has 0 amide bonds. The van der Waals surface area contributed by atoms with Crippen LogP contribution in [-0.2, 0) is 4.79 Å². The van der Waals surface area contributed by atoms with E-state index in [9.17, 15) is 9.18 Å². The molecule has 0 saturated carbocycles. The van der Waals surface area contributed by atoms with Crippen LogP contribution in [0.1, 0.15) is 12.8 Å². The summed E-state index contributed by atoms with van der Waals surface area (Å²) in [5.41, 5.74) is 0. The first kappa shape index (κ1) is 6.26. The van der Waals surface area contributed by atoms with Gasteiger partial charge >= 0.3 is 5.97 Å². The number of hydrogen-bond donors (Lipinski definition) is 1. The van der Waals surface area contributed by atoms with E-state index in [1.54, 1.807) is 0 Å². The molecule has 50 valence electrons. The molecule has 1 rings (SSSR count). The van der Waals surface area contributed by atoms with Crippen LogP contribution < -0.4 is 0 Å². The largest absolute Gasteiger partial charge is 0.481 e. The molecule has 0 spiro atoms. The van der Waals surface area contributed by atoms with Crippen LogP contribution in [0.2, 0.25) is 0 Å². The average Bonchev–Trinajstić information content (AvgIpc) is 2.14. The molecule has 0 fully saturated rings. The summed E-state index contributed by atoms with van der Waals surface area (Å²) in [4.78, 5) is 10.1. The first-order valence-electron chi connectivity index (χ1n) is 2.77. The molecule has 0 aromatic rings. The molecule has 9 heavy (non-hydrogen) atoms. The summed E-state index contributed by atoms with van der Waals surface area (Å²) < 4.78 is 12.1. The Morgan fingerprint density at radius 2 is 2.56 bits per heavy atom. The maximum absolute atomic E-state index is 12.1. The van der Waals surface area contributed by atoms with E-state index in [4.69, 9.17) is 5.11 Å². The fourth-order valence-electron chi connectivity index (χ4n) is 0.860.